The van der Waals surface area contributed by atoms with Crippen molar-refractivity contribution >= 4 is 40.0 Å². The summed E-state index contributed by atoms with van der Waals surface area (Å²) in [5.74, 6) is 0.738. The summed E-state index contributed by atoms with van der Waals surface area (Å²) < 4.78 is 31.3. The first-order valence-electron chi connectivity index (χ1n) is 9.01. The Hall–Kier alpha value is -0.910. The summed E-state index contributed by atoms with van der Waals surface area (Å²) in [5, 5.41) is 6.59. The molecule has 1 aliphatic rings. The lowest BCUT2D eigenvalue weighted by molar-refractivity contribution is 0.0243. The highest BCUT2D eigenvalue weighted by atomic mass is 127. The van der Waals surface area contributed by atoms with Gasteiger partial charge in [-0.2, -0.15) is 0 Å². The highest BCUT2D eigenvalue weighted by Crippen LogP contribution is 2.23. The number of nitrogens with one attached hydrogen (secondary N) is 3. The minimum Gasteiger partial charge on any atom is -0.373 e. The van der Waals surface area contributed by atoms with E-state index in [1.165, 1.54) is 7.05 Å². The number of rotatable bonds is 8. The highest BCUT2D eigenvalue weighted by Gasteiger charge is 2.29. The highest BCUT2D eigenvalue weighted by molar-refractivity contribution is 14.0. The van der Waals surface area contributed by atoms with E-state index in [9.17, 15) is 8.42 Å². The number of benzene rings is 1. The molecule has 0 aromatic heterocycles. The van der Waals surface area contributed by atoms with Gasteiger partial charge in [0.15, 0.2) is 5.96 Å². The molecular formula is C18H31IN4O3S. The molecule has 1 aromatic carbocycles. The van der Waals surface area contributed by atoms with Gasteiger partial charge in [-0.05, 0) is 44.9 Å². The predicted octanol–water partition coefficient (Wildman–Crippen LogP) is 1.98. The van der Waals surface area contributed by atoms with E-state index in [-0.39, 0.29) is 35.3 Å². The van der Waals surface area contributed by atoms with Gasteiger partial charge < -0.3 is 15.4 Å². The van der Waals surface area contributed by atoms with Gasteiger partial charge in [0, 0.05) is 19.7 Å². The first-order chi connectivity index (χ1) is 12.4. The molecule has 1 atom stereocenters. The molecular weight excluding hydrogens is 479 g/mol. The van der Waals surface area contributed by atoms with Crippen LogP contribution in [0.5, 0.6) is 0 Å². The molecule has 1 unspecified atom stereocenters. The van der Waals surface area contributed by atoms with Crippen molar-refractivity contribution in [2.24, 2.45) is 4.99 Å². The van der Waals surface area contributed by atoms with Crippen LogP contribution in [0.2, 0.25) is 0 Å². The normalized spacial score (nSPS) is 20.2. The fourth-order valence-corrected chi connectivity index (χ4v) is 3.57. The SMILES string of the molecule is CCNC(=NCc1ccc(CS(=O)(=O)NC)cc1)NCC1(C)CCCO1.I. The third kappa shape index (κ3) is 8.32. The van der Waals surface area contributed by atoms with E-state index in [1.54, 1.807) is 0 Å². The molecule has 9 heteroatoms. The van der Waals surface area contributed by atoms with Gasteiger partial charge in [0.2, 0.25) is 10.0 Å². The molecule has 154 valence electrons. The van der Waals surface area contributed by atoms with Crippen molar-refractivity contribution in [3.8, 4) is 0 Å². The summed E-state index contributed by atoms with van der Waals surface area (Å²) in [6.45, 7) is 6.99. The van der Waals surface area contributed by atoms with Gasteiger partial charge in [0.05, 0.1) is 17.9 Å². The van der Waals surface area contributed by atoms with Gasteiger partial charge in [-0.1, -0.05) is 24.3 Å². The number of hydrogen-bond acceptors (Lipinski definition) is 4. The third-order valence-electron chi connectivity index (χ3n) is 4.38. The zero-order chi connectivity index (χ0) is 19.0. The standard InChI is InChI=1S/C18H30N4O3S.HI/c1-4-20-17(22-14-18(2)10-5-11-25-18)21-12-15-6-8-16(9-7-15)13-26(23,24)19-3;/h6-9,19H,4-5,10-14H2,1-3H3,(H2,20,21,22);1H. The largest absolute Gasteiger partial charge is 0.373 e. The second-order valence-corrected chi connectivity index (χ2v) is 8.66. The molecule has 1 aromatic rings. The van der Waals surface area contributed by atoms with Gasteiger partial charge in [0.1, 0.15) is 0 Å². The van der Waals surface area contributed by atoms with Crippen LogP contribution in [-0.4, -0.2) is 46.7 Å². The molecule has 0 amide bonds. The van der Waals surface area contributed by atoms with Gasteiger partial charge >= 0.3 is 0 Å². The molecule has 2 rings (SSSR count). The molecule has 0 radical (unpaired) electrons. The first-order valence-corrected chi connectivity index (χ1v) is 10.7. The Labute approximate surface area is 179 Å². The molecule has 0 aliphatic carbocycles. The second kappa shape index (κ2) is 11.2. The van der Waals surface area contributed by atoms with Crippen LogP contribution in [0.15, 0.2) is 29.3 Å². The Balaban J connectivity index is 0.00000364. The Kier molecular flexibility index (Phi) is 9.99. The molecule has 1 heterocycles. The zero-order valence-electron chi connectivity index (χ0n) is 16.2. The van der Waals surface area contributed by atoms with Crippen LogP contribution in [0.4, 0.5) is 0 Å². The summed E-state index contributed by atoms with van der Waals surface area (Å²) in [5.41, 5.74) is 1.65. The zero-order valence-corrected chi connectivity index (χ0v) is 19.4. The van der Waals surface area contributed by atoms with Crippen LogP contribution in [-0.2, 0) is 27.1 Å². The van der Waals surface area contributed by atoms with E-state index in [2.05, 4.69) is 27.3 Å². The number of hydrogen-bond donors (Lipinski definition) is 3. The lowest BCUT2D eigenvalue weighted by Gasteiger charge is -2.24. The van der Waals surface area contributed by atoms with Crippen LogP contribution in [0.25, 0.3) is 0 Å². The Morgan fingerprint density at radius 3 is 2.44 bits per heavy atom. The van der Waals surface area contributed by atoms with Gasteiger partial charge in [-0.25, -0.2) is 18.1 Å². The van der Waals surface area contributed by atoms with Gasteiger partial charge in [0.25, 0.3) is 0 Å². The third-order valence-corrected chi connectivity index (χ3v) is 5.72. The van der Waals surface area contributed by atoms with E-state index >= 15 is 0 Å². The Bertz CT molecular complexity index is 702. The molecule has 0 bridgehead atoms. The van der Waals surface area contributed by atoms with E-state index in [4.69, 9.17) is 4.74 Å². The van der Waals surface area contributed by atoms with Crippen LogP contribution in [0, 0.1) is 0 Å². The Morgan fingerprint density at radius 1 is 1.22 bits per heavy atom. The van der Waals surface area contributed by atoms with Crippen LogP contribution in [0.1, 0.15) is 37.8 Å². The summed E-state index contributed by atoms with van der Waals surface area (Å²) in [7, 11) is -1.83. The quantitative estimate of drug-likeness (QED) is 0.283. The van der Waals surface area contributed by atoms with Crippen molar-refractivity contribution in [2.45, 2.75) is 44.6 Å². The average molecular weight is 510 g/mol. The van der Waals surface area contributed by atoms with Gasteiger partial charge in [-0.15, -0.1) is 24.0 Å². The lowest BCUT2D eigenvalue weighted by atomic mass is 10.0. The van der Waals surface area contributed by atoms with Crippen molar-refractivity contribution < 1.29 is 13.2 Å². The maximum absolute atomic E-state index is 11.6. The minimum atomic E-state index is -3.25. The van der Waals surface area contributed by atoms with Crippen LogP contribution in [0.3, 0.4) is 0 Å². The minimum absolute atomic E-state index is 0. The van der Waals surface area contributed by atoms with Crippen molar-refractivity contribution in [1.82, 2.24) is 15.4 Å². The number of aliphatic imine (C=N–C) groups is 1. The summed E-state index contributed by atoms with van der Waals surface area (Å²) >= 11 is 0. The molecule has 1 fully saturated rings. The number of ether oxygens (including phenoxy) is 1. The molecule has 3 N–H and O–H groups in total. The molecule has 1 aliphatic heterocycles. The second-order valence-electron chi connectivity index (χ2n) is 6.73. The molecule has 1 saturated heterocycles. The lowest BCUT2D eigenvalue weighted by Crippen LogP contribution is -2.45. The number of nitrogens with zero attached hydrogens (tertiary/aromatic N) is 1. The van der Waals surface area contributed by atoms with E-state index in [1.807, 2.05) is 31.2 Å². The summed E-state index contributed by atoms with van der Waals surface area (Å²) in [4.78, 5) is 4.60. The molecule has 7 nitrogen and oxygen atoms in total. The van der Waals surface area contributed by atoms with Crippen molar-refractivity contribution in [1.29, 1.82) is 0 Å². The smallest absolute Gasteiger partial charge is 0.215 e. The monoisotopic (exact) mass is 510 g/mol. The maximum Gasteiger partial charge on any atom is 0.215 e. The average Bonchev–Trinajstić information content (AvgIpc) is 3.05. The van der Waals surface area contributed by atoms with Crippen molar-refractivity contribution in [2.75, 3.05) is 26.7 Å². The van der Waals surface area contributed by atoms with Gasteiger partial charge in [-0.3, -0.25) is 0 Å². The van der Waals surface area contributed by atoms with Crippen molar-refractivity contribution in [3.05, 3.63) is 35.4 Å². The molecule has 0 saturated carbocycles. The van der Waals surface area contributed by atoms with Crippen LogP contribution >= 0.6 is 24.0 Å². The summed E-state index contributed by atoms with van der Waals surface area (Å²) in [6.07, 6.45) is 2.15. The molecule has 0 spiro atoms. The van der Waals surface area contributed by atoms with E-state index < -0.39 is 10.0 Å². The number of guanidine groups is 1. The van der Waals surface area contributed by atoms with E-state index in [0.29, 0.717) is 6.54 Å². The fraction of sp³-hybridized carbons (Fsp3) is 0.611. The maximum atomic E-state index is 11.6. The topological polar surface area (TPSA) is 91.8 Å². The predicted molar refractivity (Wildman–Crippen MR) is 120 cm³/mol. The van der Waals surface area contributed by atoms with Crippen LogP contribution < -0.4 is 15.4 Å². The number of halogens is 1. The van der Waals surface area contributed by atoms with Crippen molar-refractivity contribution in [3.63, 3.8) is 0 Å². The fourth-order valence-electron chi connectivity index (χ4n) is 2.79. The van der Waals surface area contributed by atoms with E-state index in [0.717, 1.165) is 49.6 Å². The number of sulfonamides is 1. The first kappa shape index (κ1) is 24.1. The molecule has 27 heavy (non-hydrogen) atoms. The summed E-state index contributed by atoms with van der Waals surface area (Å²) in [6, 6.07) is 7.48. The Morgan fingerprint density at radius 2 is 1.89 bits per heavy atom.